The molecule has 0 spiro atoms. The van der Waals surface area contributed by atoms with Crippen molar-refractivity contribution in [2.24, 2.45) is 11.8 Å². The van der Waals surface area contributed by atoms with Crippen molar-refractivity contribution in [3.05, 3.63) is 36.0 Å². The number of ketones is 1. The van der Waals surface area contributed by atoms with E-state index in [0.717, 1.165) is 19.3 Å². The van der Waals surface area contributed by atoms with Gasteiger partial charge in [0.1, 0.15) is 5.78 Å². The third kappa shape index (κ3) is 9.40. The molecule has 1 saturated carbocycles. The van der Waals surface area contributed by atoms with Gasteiger partial charge in [-0.15, -0.1) is 0 Å². The molecule has 25 heavy (non-hydrogen) atoms. The van der Waals surface area contributed by atoms with Crippen molar-refractivity contribution in [2.75, 3.05) is 0 Å². The molecule has 3 atom stereocenters. The predicted octanol–water partition coefficient (Wildman–Crippen LogP) is 4.45. The number of aliphatic carboxylic acids is 1. The summed E-state index contributed by atoms with van der Waals surface area (Å²) in [5.41, 5.74) is 1.26. The summed E-state index contributed by atoms with van der Waals surface area (Å²) in [4.78, 5) is 22.5. The molecule has 1 aliphatic carbocycles. The summed E-state index contributed by atoms with van der Waals surface area (Å²) < 4.78 is 0. The van der Waals surface area contributed by atoms with Crippen LogP contribution in [0.3, 0.4) is 0 Å². The van der Waals surface area contributed by atoms with Gasteiger partial charge in [0.15, 0.2) is 0 Å². The van der Waals surface area contributed by atoms with E-state index in [1.54, 1.807) is 0 Å². The Kier molecular flexibility index (Phi) is 10.1. The maximum Gasteiger partial charge on any atom is 0.303 e. The Morgan fingerprint density at radius 2 is 2.04 bits per heavy atom. The summed E-state index contributed by atoms with van der Waals surface area (Å²) in [7, 11) is 0. The second-order valence-corrected chi connectivity index (χ2v) is 7.08. The minimum Gasteiger partial charge on any atom is -0.481 e. The average molecular weight is 348 g/mol. The van der Waals surface area contributed by atoms with E-state index in [4.69, 9.17) is 5.11 Å². The zero-order valence-electron chi connectivity index (χ0n) is 15.5. The van der Waals surface area contributed by atoms with Crippen LogP contribution in [0.5, 0.6) is 0 Å². The Hall–Kier alpha value is -1.68. The van der Waals surface area contributed by atoms with Crippen LogP contribution >= 0.6 is 0 Å². The number of hydrogen-bond acceptors (Lipinski definition) is 3. The highest BCUT2D eigenvalue weighted by Gasteiger charge is 2.31. The molecule has 1 rings (SSSR count). The molecule has 140 valence electrons. The molecule has 0 heterocycles. The molecule has 1 fully saturated rings. The maximum absolute atomic E-state index is 12.1. The summed E-state index contributed by atoms with van der Waals surface area (Å²) in [6, 6.07) is 0. The highest BCUT2D eigenvalue weighted by molar-refractivity contribution is 5.83. The molecule has 0 radical (unpaired) electrons. The molecule has 0 bridgehead atoms. The van der Waals surface area contributed by atoms with Gasteiger partial charge in [0.25, 0.3) is 0 Å². The number of carboxylic acid groups (broad SMARTS) is 1. The summed E-state index contributed by atoms with van der Waals surface area (Å²) in [6.45, 7) is 4.10. The number of carboxylic acids is 1. The monoisotopic (exact) mass is 348 g/mol. The number of aliphatic hydroxyl groups is 1. The van der Waals surface area contributed by atoms with E-state index in [1.165, 1.54) is 5.57 Å². The second-order valence-electron chi connectivity index (χ2n) is 7.08. The highest BCUT2D eigenvalue weighted by atomic mass is 16.4. The number of rotatable bonds is 11. The van der Waals surface area contributed by atoms with Crippen LogP contribution in [0.25, 0.3) is 0 Å². The van der Waals surface area contributed by atoms with Gasteiger partial charge in [0.2, 0.25) is 0 Å². The second kappa shape index (κ2) is 11.8. The number of carbonyl (C=O) groups is 2. The van der Waals surface area contributed by atoms with Crippen LogP contribution in [-0.4, -0.2) is 28.1 Å². The zero-order valence-corrected chi connectivity index (χ0v) is 15.5. The van der Waals surface area contributed by atoms with Gasteiger partial charge in [0.05, 0.1) is 6.10 Å². The average Bonchev–Trinajstić information content (AvgIpc) is 2.88. The topological polar surface area (TPSA) is 74.6 Å². The molecule has 0 aromatic heterocycles. The van der Waals surface area contributed by atoms with Crippen LogP contribution < -0.4 is 0 Å². The Labute approximate surface area is 151 Å². The van der Waals surface area contributed by atoms with Gasteiger partial charge in [-0.25, -0.2) is 0 Å². The van der Waals surface area contributed by atoms with E-state index in [-0.39, 0.29) is 18.3 Å². The summed E-state index contributed by atoms with van der Waals surface area (Å²) in [5.74, 6) is -0.275. The number of unbranched alkanes of at least 4 members (excludes halogenated alkanes) is 1. The Balaban J connectivity index is 2.40. The van der Waals surface area contributed by atoms with Crippen molar-refractivity contribution in [3.8, 4) is 0 Å². The van der Waals surface area contributed by atoms with Gasteiger partial charge in [0, 0.05) is 18.8 Å². The molecular weight excluding hydrogens is 316 g/mol. The Morgan fingerprint density at radius 1 is 1.28 bits per heavy atom. The smallest absolute Gasteiger partial charge is 0.303 e. The van der Waals surface area contributed by atoms with E-state index in [1.807, 2.05) is 38.2 Å². The maximum atomic E-state index is 12.1. The van der Waals surface area contributed by atoms with Crippen molar-refractivity contribution < 1.29 is 19.8 Å². The van der Waals surface area contributed by atoms with E-state index < -0.39 is 12.1 Å². The fourth-order valence-corrected chi connectivity index (χ4v) is 3.11. The van der Waals surface area contributed by atoms with E-state index >= 15 is 0 Å². The van der Waals surface area contributed by atoms with E-state index in [2.05, 4.69) is 6.08 Å². The summed E-state index contributed by atoms with van der Waals surface area (Å²) in [5, 5.41) is 18.6. The first-order valence-corrected chi connectivity index (χ1v) is 9.29. The Morgan fingerprint density at radius 3 is 2.72 bits per heavy atom. The van der Waals surface area contributed by atoms with Crippen molar-refractivity contribution in [3.63, 3.8) is 0 Å². The van der Waals surface area contributed by atoms with E-state index in [9.17, 15) is 14.7 Å². The molecule has 2 N–H and O–H groups in total. The summed E-state index contributed by atoms with van der Waals surface area (Å²) >= 11 is 0. The van der Waals surface area contributed by atoms with Gasteiger partial charge in [-0.3, -0.25) is 9.59 Å². The molecule has 1 aliphatic rings. The highest BCUT2D eigenvalue weighted by Crippen LogP contribution is 2.33. The number of aliphatic hydroxyl groups excluding tert-OH is 1. The lowest BCUT2D eigenvalue weighted by molar-refractivity contribution is -0.137. The van der Waals surface area contributed by atoms with Crippen LogP contribution in [0.15, 0.2) is 36.0 Å². The lowest BCUT2D eigenvalue weighted by Gasteiger charge is -2.13. The van der Waals surface area contributed by atoms with E-state index in [0.29, 0.717) is 31.5 Å². The Bertz CT molecular complexity index is 512. The molecule has 4 heteroatoms. The minimum absolute atomic E-state index is 0.00282. The lowest BCUT2D eigenvalue weighted by Crippen LogP contribution is -2.13. The largest absolute Gasteiger partial charge is 0.481 e. The van der Waals surface area contributed by atoms with Crippen LogP contribution in [0, 0.1) is 11.8 Å². The van der Waals surface area contributed by atoms with Gasteiger partial charge < -0.3 is 10.2 Å². The lowest BCUT2D eigenvalue weighted by atomic mass is 9.91. The standard InChI is InChI=1S/C21H32O4/c1-16(2)8-7-9-18(22)14-12-17-13-15-20(23)19(17)10-5-3-4-6-11-21(24)25/h3,5,8,12,14,17-19,22H,4,6-7,9-11,13,15H2,1-2H3,(H,24,25)/t17-,18-,19+/m0/s1. The zero-order chi connectivity index (χ0) is 18.7. The predicted molar refractivity (Wildman–Crippen MR) is 100 cm³/mol. The first kappa shape index (κ1) is 21.4. The van der Waals surface area contributed by atoms with Crippen molar-refractivity contribution in [1.82, 2.24) is 0 Å². The summed E-state index contributed by atoms with van der Waals surface area (Å²) in [6.07, 6.45) is 14.8. The molecule has 0 unspecified atom stereocenters. The van der Waals surface area contributed by atoms with Gasteiger partial charge in [-0.1, -0.05) is 36.0 Å². The van der Waals surface area contributed by atoms with Crippen molar-refractivity contribution in [2.45, 2.75) is 71.3 Å². The molecule has 4 nitrogen and oxygen atoms in total. The fraction of sp³-hybridized carbons (Fsp3) is 0.619. The van der Waals surface area contributed by atoms with Gasteiger partial charge in [-0.2, -0.15) is 0 Å². The van der Waals surface area contributed by atoms with Crippen LogP contribution in [-0.2, 0) is 9.59 Å². The molecule has 0 aromatic rings. The third-order valence-corrected chi connectivity index (χ3v) is 4.57. The van der Waals surface area contributed by atoms with Crippen LogP contribution in [0.1, 0.15) is 65.2 Å². The first-order valence-electron chi connectivity index (χ1n) is 9.29. The molecular formula is C21H32O4. The van der Waals surface area contributed by atoms with Crippen molar-refractivity contribution >= 4 is 11.8 Å². The molecule has 0 aliphatic heterocycles. The third-order valence-electron chi connectivity index (χ3n) is 4.57. The van der Waals surface area contributed by atoms with Gasteiger partial charge >= 0.3 is 5.97 Å². The fourth-order valence-electron chi connectivity index (χ4n) is 3.11. The number of hydrogen-bond donors (Lipinski definition) is 2. The first-order chi connectivity index (χ1) is 11.9. The van der Waals surface area contributed by atoms with Crippen LogP contribution in [0.4, 0.5) is 0 Å². The normalized spacial score (nSPS) is 22.0. The quantitative estimate of drug-likeness (QED) is 0.427. The minimum atomic E-state index is -0.771. The molecule has 0 aromatic carbocycles. The van der Waals surface area contributed by atoms with Gasteiger partial charge in [-0.05, 0) is 58.3 Å². The molecule has 0 amide bonds. The van der Waals surface area contributed by atoms with Crippen molar-refractivity contribution in [1.29, 1.82) is 0 Å². The SMILES string of the molecule is CC(C)=CCC[C@H](O)C=C[C@H]1CCC(=O)[C@@H]1CC=CCCCC(=O)O. The van der Waals surface area contributed by atoms with Crippen LogP contribution in [0.2, 0.25) is 0 Å². The molecule has 0 saturated heterocycles. The number of Topliss-reactive ketones (excluding diaryl/α,β-unsaturated/α-hetero) is 1. The number of allylic oxidation sites excluding steroid dienone is 5. The number of carbonyl (C=O) groups excluding carboxylic acids is 1.